The van der Waals surface area contributed by atoms with E-state index in [0.717, 1.165) is 11.1 Å². The van der Waals surface area contributed by atoms with Crippen LogP contribution in [0.2, 0.25) is 0 Å². The fraction of sp³-hybridized carbons (Fsp3) is 0.200. The number of aliphatic hydroxyl groups is 1. The van der Waals surface area contributed by atoms with Gasteiger partial charge >= 0.3 is 0 Å². The molecule has 2 aromatic rings. The molecule has 2 rings (SSSR count). The molecule has 0 saturated carbocycles. The normalized spacial score (nSPS) is 11.0. The Labute approximate surface area is 105 Å². The first kappa shape index (κ1) is 12.7. The number of hydrogen-bond acceptors (Lipinski definition) is 1. The Balaban J connectivity index is 2.50. The summed E-state index contributed by atoms with van der Waals surface area (Å²) in [5.41, 5.74) is 2.47. The minimum absolute atomic E-state index is 0.413. The highest BCUT2D eigenvalue weighted by atomic mass is 19.1. The fourth-order valence-electron chi connectivity index (χ4n) is 1.98. The van der Waals surface area contributed by atoms with Crippen LogP contribution >= 0.6 is 0 Å². The zero-order chi connectivity index (χ0) is 13.3. The molecule has 0 saturated heterocycles. The molecule has 0 spiro atoms. The third-order valence-electron chi connectivity index (χ3n) is 3.07. The standard InChI is InChI=1S/C15H14F2O/c1-9-3-5-11(16)7-13(9)15(18)14-8-12(17)6-4-10(14)2/h3-8,15,18H,1-2H3. The van der Waals surface area contributed by atoms with Gasteiger partial charge in [0.1, 0.15) is 17.7 Å². The Morgan fingerprint density at radius 1 is 0.833 bits per heavy atom. The first-order chi connectivity index (χ1) is 8.49. The van der Waals surface area contributed by atoms with Crippen molar-refractivity contribution in [1.82, 2.24) is 0 Å². The van der Waals surface area contributed by atoms with E-state index in [-0.39, 0.29) is 0 Å². The number of rotatable bonds is 2. The summed E-state index contributed by atoms with van der Waals surface area (Å²) in [6.45, 7) is 3.57. The Morgan fingerprint density at radius 3 is 1.61 bits per heavy atom. The van der Waals surface area contributed by atoms with E-state index in [1.54, 1.807) is 26.0 Å². The lowest BCUT2D eigenvalue weighted by atomic mass is 9.94. The van der Waals surface area contributed by atoms with Gasteiger partial charge in [-0.05, 0) is 60.4 Å². The fourth-order valence-corrected chi connectivity index (χ4v) is 1.98. The van der Waals surface area contributed by atoms with Crippen molar-refractivity contribution < 1.29 is 13.9 Å². The quantitative estimate of drug-likeness (QED) is 0.859. The average molecular weight is 248 g/mol. The highest BCUT2D eigenvalue weighted by Crippen LogP contribution is 2.28. The lowest BCUT2D eigenvalue weighted by Gasteiger charge is -2.16. The van der Waals surface area contributed by atoms with Crippen LogP contribution < -0.4 is 0 Å². The summed E-state index contributed by atoms with van der Waals surface area (Å²) in [6.07, 6.45) is -1.02. The highest BCUT2D eigenvalue weighted by Gasteiger charge is 2.16. The monoisotopic (exact) mass is 248 g/mol. The molecule has 0 radical (unpaired) electrons. The zero-order valence-corrected chi connectivity index (χ0v) is 10.2. The van der Waals surface area contributed by atoms with Gasteiger partial charge in [-0.1, -0.05) is 12.1 Å². The van der Waals surface area contributed by atoms with Crippen LogP contribution in [0.3, 0.4) is 0 Å². The summed E-state index contributed by atoms with van der Waals surface area (Å²) < 4.78 is 26.4. The van der Waals surface area contributed by atoms with Crippen LogP contribution in [0.1, 0.15) is 28.4 Å². The van der Waals surface area contributed by atoms with Crippen LogP contribution in [0.4, 0.5) is 8.78 Å². The maximum Gasteiger partial charge on any atom is 0.123 e. The first-order valence-corrected chi connectivity index (χ1v) is 5.69. The molecule has 0 atom stereocenters. The van der Waals surface area contributed by atoms with Crippen LogP contribution in [0, 0.1) is 25.5 Å². The summed E-state index contributed by atoms with van der Waals surface area (Å²) in [5, 5.41) is 10.3. The zero-order valence-electron chi connectivity index (χ0n) is 10.2. The van der Waals surface area contributed by atoms with Gasteiger partial charge in [-0.2, -0.15) is 0 Å². The molecule has 0 amide bonds. The second-order valence-electron chi connectivity index (χ2n) is 4.40. The Kier molecular flexibility index (Phi) is 3.43. The summed E-state index contributed by atoms with van der Waals surface area (Å²) in [7, 11) is 0. The highest BCUT2D eigenvalue weighted by molar-refractivity contribution is 5.39. The van der Waals surface area contributed by atoms with E-state index >= 15 is 0 Å². The maximum absolute atomic E-state index is 13.2. The first-order valence-electron chi connectivity index (χ1n) is 5.69. The minimum Gasteiger partial charge on any atom is -0.384 e. The third kappa shape index (κ3) is 2.41. The SMILES string of the molecule is Cc1ccc(F)cc1C(O)c1cc(F)ccc1C. The third-order valence-corrected chi connectivity index (χ3v) is 3.07. The van der Waals surface area contributed by atoms with Gasteiger partial charge in [0.05, 0.1) is 0 Å². The van der Waals surface area contributed by atoms with Crippen LogP contribution in [-0.2, 0) is 0 Å². The summed E-state index contributed by atoms with van der Waals surface area (Å²) in [5.74, 6) is -0.826. The van der Waals surface area contributed by atoms with E-state index in [2.05, 4.69) is 0 Å². The van der Waals surface area contributed by atoms with E-state index in [1.807, 2.05) is 0 Å². The van der Waals surface area contributed by atoms with E-state index in [0.29, 0.717) is 11.1 Å². The molecule has 18 heavy (non-hydrogen) atoms. The van der Waals surface area contributed by atoms with E-state index < -0.39 is 17.7 Å². The molecule has 0 unspecified atom stereocenters. The molecule has 1 N–H and O–H groups in total. The van der Waals surface area contributed by atoms with Crippen LogP contribution in [0.15, 0.2) is 36.4 Å². The molecule has 94 valence electrons. The second kappa shape index (κ2) is 4.86. The molecule has 0 aromatic heterocycles. The van der Waals surface area contributed by atoms with E-state index in [1.165, 1.54) is 24.3 Å². The van der Waals surface area contributed by atoms with Crippen LogP contribution in [0.25, 0.3) is 0 Å². The lowest BCUT2D eigenvalue weighted by molar-refractivity contribution is 0.217. The van der Waals surface area contributed by atoms with Gasteiger partial charge in [0.2, 0.25) is 0 Å². The number of aryl methyl sites for hydroxylation is 2. The van der Waals surface area contributed by atoms with E-state index in [9.17, 15) is 13.9 Å². The van der Waals surface area contributed by atoms with Gasteiger partial charge in [-0.25, -0.2) is 8.78 Å². The predicted octanol–water partition coefficient (Wildman–Crippen LogP) is 3.66. The van der Waals surface area contributed by atoms with Crippen molar-refractivity contribution in [3.63, 3.8) is 0 Å². The Bertz CT molecular complexity index is 527. The molecule has 0 aliphatic heterocycles. The summed E-state index contributed by atoms with van der Waals surface area (Å²) >= 11 is 0. The van der Waals surface area contributed by atoms with Crippen molar-refractivity contribution in [2.24, 2.45) is 0 Å². The van der Waals surface area contributed by atoms with Crippen molar-refractivity contribution in [2.75, 3.05) is 0 Å². The van der Waals surface area contributed by atoms with Gasteiger partial charge in [0.15, 0.2) is 0 Å². The summed E-state index contributed by atoms with van der Waals surface area (Å²) in [4.78, 5) is 0. The number of hydrogen-bond donors (Lipinski definition) is 1. The average Bonchev–Trinajstić information content (AvgIpc) is 2.34. The number of halogens is 2. The van der Waals surface area contributed by atoms with Crippen molar-refractivity contribution in [1.29, 1.82) is 0 Å². The maximum atomic E-state index is 13.2. The topological polar surface area (TPSA) is 20.2 Å². The van der Waals surface area contributed by atoms with Gasteiger partial charge in [-0.3, -0.25) is 0 Å². The molecule has 1 nitrogen and oxygen atoms in total. The molecular weight excluding hydrogens is 234 g/mol. The van der Waals surface area contributed by atoms with Crippen LogP contribution in [0.5, 0.6) is 0 Å². The van der Waals surface area contributed by atoms with Gasteiger partial charge in [0.25, 0.3) is 0 Å². The molecule has 0 aliphatic rings. The van der Waals surface area contributed by atoms with Crippen molar-refractivity contribution in [3.05, 3.63) is 70.3 Å². The summed E-state index contributed by atoms with van der Waals surface area (Å²) in [6, 6.07) is 8.44. The molecule has 0 heterocycles. The van der Waals surface area contributed by atoms with Crippen molar-refractivity contribution >= 4 is 0 Å². The van der Waals surface area contributed by atoms with Crippen molar-refractivity contribution in [2.45, 2.75) is 20.0 Å². The smallest absolute Gasteiger partial charge is 0.123 e. The minimum atomic E-state index is -1.02. The number of aliphatic hydroxyl groups excluding tert-OH is 1. The molecule has 0 aliphatic carbocycles. The van der Waals surface area contributed by atoms with E-state index in [4.69, 9.17) is 0 Å². The van der Waals surface area contributed by atoms with Gasteiger partial charge in [0, 0.05) is 0 Å². The molecule has 2 aromatic carbocycles. The van der Waals surface area contributed by atoms with Crippen molar-refractivity contribution in [3.8, 4) is 0 Å². The predicted molar refractivity (Wildman–Crippen MR) is 66.3 cm³/mol. The number of benzene rings is 2. The van der Waals surface area contributed by atoms with Crippen LogP contribution in [-0.4, -0.2) is 5.11 Å². The Hall–Kier alpha value is -1.74. The van der Waals surface area contributed by atoms with Gasteiger partial charge in [-0.15, -0.1) is 0 Å². The largest absolute Gasteiger partial charge is 0.384 e. The van der Waals surface area contributed by atoms with Gasteiger partial charge < -0.3 is 5.11 Å². The molecule has 0 fully saturated rings. The molecule has 0 bridgehead atoms. The second-order valence-corrected chi connectivity index (χ2v) is 4.40. The Morgan fingerprint density at radius 2 is 1.22 bits per heavy atom. The molecular formula is C15H14F2O. The molecule has 3 heteroatoms. The lowest BCUT2D eigenvalue weighted by Crippen LogP contribution is -2.05.